The van der Waals surface area contributed by atoms with Crippen LogP contribution in [0, 0.1) is 0 Å². The highest BCUT2D eigenvalue weighted by Crippen LogP contribution is 2.40. The molecule has 2 aromatic carbocycles. The summed E-state index contributed by atoms with van der Waals surface area (Å²) in [6.07, 6.45) is 3.29. The Labute approximate surface area is 217 Å². The highest BCUT2D eigenvalue weighted by atomic mass is 16.5. The highest BCUT2D eigenvalue weighted by molar-refractivity contribution is 6.46. The molecule has 2 heterocycles. The zero-order chi connectivity index (χ0) is 26.2. The van der Waals surface area contributed by atoms with Crippen LogP contribution in [0.2, 0.25) is 0 Å². The zero-order valence-electron chi connectivity index (χ0n) is 20.8. The van der Waals surface area contributed by atoms with Crippen molar-refractivity contribution in [2.45, 2.75) is 6.04 Å². The van der Waals surface area contributed by atoms with Gasteiger partial charge in [0.15, 0.2) is 0 Å². The molecule has 2 fully saturated rings. The molecule has 194 valence electrons. The van der Waals surface area contributed by atoms with Crippen molar-refractivity contribution in [1.29, 1.82) is 0 Å². The van der Waals surface area contributed by atoms with Gasteiger partial charge in [-0.05, 0) is 42.0 Å². The Hall–Kier alpha value is -3.88. The zero-order valence-corrected chi connectivity index (χ0v) is 20.8. The van der Waals surface area contributed by atoms with E-state index in [1.807, 2.05) is 12.1 Å². The Balaban J connectivity index is 1.68. The monoisotopic (exact) mass is 504 g/mol. The molecule has 2 aliphatic heterocycles. The fraction of sp³-hybridized carbons (Fsp3) is 0.310. The standard InChI is InChI=1S/C29H32N2O6/c1-3-17-36-23-9-5-21(6-10-23)26-25(27(32)22-7-11-24(12-8-22)37-18-4-2)28(33)29(34)31(26)14-13-30-15-19-35-20-16-30/h3-12,26,32H,1-2,13-20H2/b27-25-. The summed E-state index contributed by atoms with van der Waals surface area (Å²) >= 11 is 0. The molecule has 1 amide bonds. The molecule has 4 rings (SSSR count). The molecule has 2 saturated heterocycles. The van der Waals surface area contributed by atoms with Crippen molar-refractivity contribution >= 4 is 17.4 Å². The van der Waals surface area contributed by atoms with Crippen molar-refractivity contribution in [1.82, 2.24) is 9.80 Å². The molecule has 2 aliphatic rings. The lowest BCUT2D eigenvalue weighted by Crippen LogP contribution is -2.42. The predicted octanol–water partition coefficient (Wildman–Crippen LogP) is 3.57. The van der Waals surface area contributed by atoms with Crippen LogP contribution >= 0.6 is 0 Å². The van der Waals surface area contributed by atoms with E-state index < -0.39 is 17.7 Å². The normalized spacial score (nSPS) is 19.6. The summed E-state index contributed by atoms with van der Waals surface area (Å²) in [5.74, 6) is -0.307. The van der Waals surface area contributed by atoms with Crippen LogP contribution in [-0.2, 0) is 14.3 Å². The molecule has 37 heavy (non-hydrogen) atoms. The van der Waals surface area contributed by atoms with E-state index >= 15 is 0 Å². The molecule has 0 saturated carbocycles. The number of ether oxygens (including phenoxy) is 3. The van der Waals surface area contributed by atoms with Crippen LogP contribution in [0.4, 0.5) is 0 Å². The lowest BCUT2D eigenvalue weighted by molar-refractivity contribution is -0.140. The van der Waals surface area contributed by atoms with E-state index in [1.165, 1.54) is 0 Å². The summed E-state index contributed by atoms with van der Waals surface area (Å²) in [4.78, 5) is 30.2. The van der Waals surface area contributed by atoms with Crippen molar-refractivity contribution in [2.24, 2.45) is 0 Å². The number of morpholine rings is 1. The molecule has 1 unspecified atom stereocenters. The molecule has 8 heteroatoms. The van der Waals surface area contributed by atoms with E-state index in [1.54, 1.807) is 53.5 Å². The number of aliphatic hydroxyl groups is 1. The van der Waals surface area contributed by atoms with Crippen LogP contribution in [0.25, 0.3) is 5.76 Å². The summed E-state index contributed by atoms with van der Waals surface area (Å²) in [6, 6.07) is 13.2. The molecule has 0 aliphatic carbocycles. The van der Waals surface area contributed by atoms with E-state index in [-0.39, 0.29) is 11.3 Å². The molecule has 0 bridgehead atoms. The van der Waals surface area contributed by atoms with E-state index in [9.17, 15) is 14.7 Å². The van der Waals surface area contributed by atoms with Gasteiger partial charge in [0.05, 0.1) is 24.8 Å². The number of amides is 1. The summed E-state index contributed by atoms with van der Waals surface area (Å²) in [6.45, 7) is 11.8. The largest absolute Gasteiger partial charge is 0.507 e. The third kappa shape index (κ3) is 6.10. The van der Waals surface area contributed by atoms with Crippen molar-refractivity contribution in [3.8, 4) is 11.5 Å². The van der Waals surface area contributed by atoms with Gasteiger partial charge in [0.25, 0.3) is 11.7 Å². The van der Waals surface area contributed by atoms with Gasteiger partial charge >= 0.3 is 0 Å². The summed E-state index contributed by atoms with van der Waals surface area (Å²) in [5.41, 5.74) is 1.19. The highest BCUT2D eigenvalue weighted by Gasteiger charge is 2.46. The number of Topliss-reactive ketones (excluding diaryl/α,β-unsaturated/α-hetero) is 1. The maximum Gasteiger partial charge on any atom is 0.295 e. The maximum absolute atomic E-state index is 13.3. The first kappa shape index (κ1) is 26.2. The molecule has 0 aromatic heterocycles. The van der Waals surface area contributed by atoms with Crippen LogP contribution in [0.15, 0.2) is 79.4 Å². The molecular weight excluding hydrogens is 472 g/mol. The quantitative estimate of drug-likeness (QED) is 0.217. The number of carbonyl (C=O) groups excluding carboxylic acids is 2. The SMILES string of the molecule is C=CCOc1ccc(/C(O)=C2/C(=O)C(=O)N(CCN3CCOCC3)C2c2ccc(OCC=C)cc2)cc1. The van der Waals surface area contributed by atoms with Crippen molar-refractivity contribution in [3.63, 3.8) is 0 Å². The number of ketones is 1. The maximum atomic E-state index is 13.3. The number of hydrogen-bond acceptors (Lipinski definition) is 7. The first-order valence-electron chi connectivity index (χ1n) is 12.3. The molecule has 2 aromatic rings. The van der Waals surface area contributed by atoms with Gasteiger partial charge in [-0.3, -0.25) is 14.5 Å². The molecule has 0 radical (unpaired) electrons. The summed E-state index contributed by atoms with van der Waals surface area (Å²) in [5, 5.41) is 11.3. The van der Waals surface area contributed by atoms with Gasteiger partial charge in [-0.2, -0.15) is 0 Å². The average molecular weight is 505 g/mol. The topological polar surface area (TPSA) is 88.5 Å². The third-order valence-electron chi connectivity index (χ3n) is 6.36. The first-order chi connectivity index (χ1) is 18.0. The molecule has 1 N–H and O–H groups in total. The Morgan fingerprint density at radius 1 is 0.919 bits per heavy atom. The number of aliphatic hydroxyl groups excluding tert-OH is 1. The van der Waals surface area contributed by atoms with Gasteiger partial charge in [0, 0.05) is 31.7 Å². The van der Waals surface area contributed by atoms with Crippen molar-refractivity contribution in [2.75, 3.05) is 52.6 Å². The van der Waals surface area contributed by atoms with Gasteiger partial charge in [0.1, 0.15) is 30.5 Å². The second kappa shape index (κ2) is 12.4. The van der Waals surface area contributed by atoms with Gasteiger partial charge in [-0.15, -0.1) is 0 Å². The predicted molar refractivity (Wildman–Crippen MR) is 141 cm³/mol. The minimum Gasteiger partial charge on any atom is -0.507 e. The fourth-order valence-corrected chi connectivity index (χ4v) is 4.45. The number of hydrogen-bond donors (Lipinski definition) is 1. The molecular formula is C29H32N2O6. The number of nitrogens with zero attached hydrogens (tertiary/aromatic N) is 2. The van der Waals surface area contributed by atoms with E-state index in [0.29, 0.717) is 62.1 Å². The minimum atomic E-state index is -0.730. The number of benzene rings is 2. The van der Waals surface area contributed by atoms with Gasteiger partial charge in [0.2, 0.25) is 0 Å². The summed E-state index contributed by atoms with van der Waals surface area (Å²) < 4.78 is 16.5. The Morgan fingerprint density at radius 3 is 2.05 bits per heavy atom. The summed E-state index contributed by atoms with van der Waals surface area (Å²) in [7, 11) is 0. The van der Waals surface area contributed by atoms with Crippen LogP contribution in [0.3, 0.4) is 0 Å². The Morgan fingerprint density at radius 2 is 1.49 bits per heavy atom. The second-order valence-electron chi connectivity index (χ2n) is 8.74. The van der Waals surface area contributed by atoms with E-state index in [0.717, 1.165) is 13.1 Å². The lowest BCUT2D eigenvalue weighted by atomic mass is 9.95. The molecule has 8 nitrogen and oxygen atoms in total. The fourth-order valence-electron chi connectivity index (χ4n) is 4.45. The average Bonchev–Trinajstić information content (AvgIpc) is 3.19. The Bertz CT molecular complexity index is 1150. The van der Waals surface area contributed by atoms with Gasteiger partial charge in [-0.1, -0.05) is 37.4 Å². The van der Waals surface area contributed by atoms with Gasteiger partial charge in [-0.25, -0.2) is 0 Å². The second-order valence-corrected chi connectivity index (χ2v) is 8.74. The molecule has 0 spiro atoms. The lowest BCUT2D eigenvalue weighted by Gasteiger charge is -2.31. The Kier molecular flexibility index (Phi) is 8.77. The van der Waals surface area contributed by atoms with E-state index in [2.05, 4.69) is 18.1 Å². The van der Waals surface area contributed by atoms with Crippen molar-refractivity contribution in [3.05, 3.63) is 90.5 Å². The van der Waals surface area contributed by atoms with Crippen molar-refractivity contribution < 1.29 is 28.9 Å². The minimum absolute atomic E-state index is 0.0616. The van der Waals surface area contributed by atoms with Crippen LogP contribution < -0.4 is 9.47 Å². The smallest absolute Gasteiger partial charge is 0.295 e. The number of likely N-dealkylation sites (tertiary alicyclic amines) is 1. The molecule has 1 atom stereocenters. The van der Waals surface area contributed by atoms with Gasteiger partial charge < -0.3 is 24.2 Å². The third-order valence-corrected chi connectivity index (χ3v) is 6.36. The first-order valence-corrected chi connectivity index (χ1v) is 12.3. The van der Waals surface area contributed by atoms with E-state index in [4.69, 9.17) is 14.2 Å². The number of carbonyl (C=O) groups is 2. The number of rotatable bonds is 11. The van der Waals surface area contributed by atoms with Crippen LogP contribution in [-0.4, -0.2) is 79.2 Å². The van der Waals surface area contributed by atoms with Crippen LogP contribution in [0.1, 0.15) is 17.2 Å². The van der Waals surface area contributed by atoms with Crippen LogP contribution in [0.5, 0.6) is 11.5 Å².